The van der Waals surface area contributed by atoms with Gasteiger partial charge in [-0.3, -0.25) is 37.9 Å². The number of ether oxygens (including phenoxy) is 5. The number of rotatable bonds is 30. The van der Waals surface area contributed by atoms with Gasteiger partial charge in [0.1, 0.15) is 68.0 Å². The van der Waals surface area contributed by atoms with E-state index in [2.05, 4.69) is 123 Å². The van der Waals surface area contributed by atoms with E-state index in [0.29, 0.717) is 153 Å². The van der Waals surface area contributed by atoms with Gasteiger partial charge in [0.25, 0.3) is 23.6 Å². The quantitative estimate of drug-likeness (QED) is 0.0189. The Balaban J connectivity index is 0.000000117. The van der Waals surface area contributed by atoms with E-state index in [9.17, 15) is 54.3 Å². The zero-order valence-corrected chi connectivity index (χ0v) is 81.4. The summed E-state index contributed by atoms with van der Waals surface area (Å²) < 4.78 is 145. The third-order valence-corrected chi connectivity index (χ3v) is 27.7. The fraction of sp³-hybridized carbons (Fsp3) is 0.300. The zero-order valence-electron chi connectivity index (χ0n) is 80.6. The molecule has 774 valence electrons. The molecule has 0 aliphatic carbocycles. The van der Waals surface area contributed by atoms with E-state index in [1.54, 1.807) is 178 Å². The van der Waals surface area contributed by atoms with Crippen LogP contribution in [0.25, 0.3) is 100 Å². The molecule has 4 saturated heterocycles. The number of likely N-dealkylation sites (N-methyl/N-ethyl adjacent to an activating group) is 3. The second-order valence-corrected chi connectivity index (χ2v) is 37.5. The molecule has 0 saturated carbocycles. The van der Waals surface area contributed by atoms with Crippen molar-refractivity contribution in [3.63, 3.8) is 0 Å². The number of H-pyrrole nitrogens is 3. The first-order valence-corrected chi connectivity index (χ1v) is 49.2. The van der Waals surface area contributed by atoms with Crippen molar-refractivity contribution in [3.05, 3.63) is 231 Å². The molecule has 24 rings (SSSR count). The molecule has 0 radical (unpaired) electrons. The molecule has 9 N–H and O–H groups in total. The van der Waals surface area contributed by atoms with E-state index in [0.717, 1.165) is 104 Å². The van der Waals surface area contributed by atoms with E-state index in [1.165, 1.54) is 61.0 Å². The lowest BCUT2D eigenvalue weighted by atomic mass is 10.1. The number of alkyl halides is 8. The second-order valence-electron chi connectivity index (χ2n) is 36.3. The molecule has 15 aromatic heterocycles. The molecule has 4 aromatic carbocycles. The molecule has 4 amide bonds. The van der Waals surface area contributed by atoms with Gasteiger partial charge in [-0.1, -0.05) is 0 Å². The minimum atomic E-state index is -3.03. The minimum Gasteiger partial charge on any atom is -0.434 e. The van der Waals surface area contributed by atoms with E-state index in [1.807, 2.05) is 18.2 Å². The number of nitrogens with zero attached hydrogens (tertiary/aromatic N) is 23. The normalized spacial score (nSPS) is 16.4. The summed E-state index contributed by atoms with van der Waals surface area (Å²) >= 11 is 1.61. The van der Waals surface area contributed by atoms with E-state index >= 15 is 0 Å². The Hall–Kier alpha value is -16.7. The molecule has 0 spiro atoms. The summed E-state index contributed by atoms with van der Waals surface area (Å²) in [6.07, 6.45) is 38.2. The Morgan fingerprint density at radius 3 is 1.09 bits per heavy atom. The number of fused-ring (bicyclic) bond motifs is 8. The number of hydrogen-bond donors (Lipinski definition) is 9. The van der Waals surface area contributed by atoms with Crippen molar-refractivity contribution in [3.8, 4) is 68.0 Å². The molecule has 41 nitrogen and oxygen atoms in total. The summed E-state index contributed by atoms with van der Waals surface area (Å²) in [7, 11) is 6.20. The van der Waals surface area contributed by atoms with Gasteiger partial charge in [-0.25, -0.2) is 38.0 Å². The Bertz CT molecular complexity index is 7560. The fourth-order valence-electron chi connectivity index (χ4n) is 19.2. The van der Waals surface area contributed by atoms with Crippen molar-refractivity contribution in [2.24, 2.45) is 0 Å². The summed E-state index contributed by atoms with van der Waals surface area (Å²) in [6.45, 7) is -4.11. The van der Waals surface area contributed by atoms with Gasteiger partial charge in [0, 0.05) is 227 Å². The SMILES string of the molecule is CN1CCCC1Cn1cc(NC(=O)c2cnn3cccnc23)c(-c2cc3cc[nH]c3cc2OC(F)F)n1.CN1CCC[C@@H]1Cn1cc(NC(=O)c2cnn3cccnc23)c(-c2cc3cc[nH]c3cc2OC(F)F)n1.CN1CCC[C@H]1Cn1cc(NC(=O)c2cnn3cccnc23)c(-c2cc3cc[nH]c3cc2OC(F)F)n1.O=C(Nc1cn(CCN[C@@H]2CCOC2)nc1-c1cc2c(cc1OC(F)F)NCCS2)c1cnn2cccnc12. The van der Waals surface area contributed by atoms with Gasteiger partial charge >= 0.3 is 26.4 Å². The van der Waals surface area contributed by atoms with Gasteiger partial charge in [-0.05, 0) is 152 Å². The number of aromatic nitrogens is 23. The highest BCUT2D eigenvalue weighted by atomic mass is 32.2. The standard InChI is InChI=1S/C25H26F2N8O3S.3C25H24F2N8O2/c26-25(27)38-20-11-18-21(39-9-5-29-18)10-16(20)22-19(13-34(33-22)7-4-28-15-2-8-37-14-15)32-24(36)17-12-31-35-6-1-3-30-23(17)35;3*1-33-8-2-4-16(33)13-34-14-20(31-24(36)18-12-30-35-9-3-6-29-23(18)35)22(32-34)17-10-15-5-7-28-19(15)11-21(17)37-25(26)27/h1,3,6,10-13,15,25,28-29H,2,4-5,7-9,14H2,(H,32,36);3*3,5-7,9-12,14,16,25,28H,2,4,8,13H2,1H3,(H,31,36)/t15-;2*16-;/m110./s1. The van der Waals surface area contributed by atoms with Gasteiger partial charge in [0.15, 0.2) is 22.6 Å². The number of hydrogen-bond acceptors (Lipinski definition) is 27. The minimum absolute atomic E-state index is 0.0293. The highest BCUT2D eigenvalue weighted by molar-refractivity contribution is 7.99. The number of anilines is 5. The predicted octanol–water partition coefficient (Wildman–Crippen LogP) is 15.4. The molecule has 19 aromatic rings. The maximum absolute atomic E-state index is 13.4. The fourth-order valence-corrected chi connectivity index (χ4v) is 20.1. The number of nitrogens with one attached hydrogen (secondary N) is 9. The number of aromatic amines is 3. The van der Waals surface area contributed by atoms with Crippen LogP contribution in [0, 0.1) is 0 Å². The molecular weight excluding hydrogens is 1980 g/mol. The molecular formula is C100H98F8N32O9S. The third-order valence-electron chi connectivity index (χ3n) is 26.6. The van der Waals surface area contributed by atoms with E-state index in [4.69, 9.17) is 44.1 Å². The molecule has 5 aliphatic rings. The van der Waals surface area contributed by atoms with Crippen LogP contribution in [-0.2, 0) is 30.9 Å². The summed E-state index contributed by atoms with van der Waals surface area (Å²) in [6, 6.07) is 26.5. The smallest absolute Gasteiger partial charge is 0.387 e. The first-order chi connectivity index (χ1) is 72.9. The first kappa shape index (κ1) is 99.3. The van der Waals surface area contributed by atoms with Gasteiger partial charge in [0.2, 0.25) is 0 Å². The summed E-state index contributed by atoms with van der Waals surface area (Å²) in [5.41, 5.74) is 9.53. The molecule has 4 fully saturated rings. The van der Waals surface area contributed by atoms with Crippen molar-refractivity contribution < 1.29 is 78.0 Å². The van der Waals surface area contributed by atoms with Crippen LogP contribution in [0.5, 0.6) is 23.0 Å². The molecule has 50 heteroatoms. The van der Waals surface area contributed by atoms with Crippen molar-refractivity contribution in [2.45, 2.75) is 127 Å². The van der Waals surface area contributed by atoms with Crippen LogP contribution in [0.15, 0.2) is 214 Å². The van der Waals surface area contributed by atoms with Gasteiger partial charge in [-0.2, -0.15) is 75.9 Å². The van der Waals surface area contributed by atoms with Crippen LogP contribution in [0.1, 0.15) is 86.4 Å². The topological polar surface area (TPSA) is 436 Å². The molecule has 1 unspecified atom stereocenters. The Kier molecular flexibility index (Phi) is 29.0. The van der Waals surface area contributed by atoms with Gasteiger partial charge in [-0.15, -0.1) is 11.8 Å². The highest BCUT2D eigenvalue weighted by Crippen LogP contribution is 2.46. The van der Waals surface area contributed by atoms with Crippen LogP contribution >= 0.6 is 11.8 Å². The second kappa shape index (κ2) is 43.8. The lowest BCUT2D eigenvalue weighted by Crippen LogP contribution is -2.32. The van der Waals surface area contributed by atoms with Crippen molar-refractivity contribution in [2.75, 3.05) is 99.4 Å². The van der Waals surface area contributed by atoms with Crippen LogP contribution in [0.2, 0.25) is 0 Å². The van der Waals surface area contributed by atoms with Crippen LogP contribution < -0.4 is 50.8 Å². The van der Waals surface area contributed by atoms with Crippen molar-refractivity contribution in [1.29, 1.82) is 0 Å². The predicted molar refractivity (Wildman–Crippen MR) is 540 cm³/mol. The number of likely N-dealkylation sites (tertiary alicyclic amines) is 3. The number of amides is 4. The van der Waals surface area contributed by atoms with Gasteiger partial charge < -0.3 is 85.2 Å². The Morgan fingerprint density at radius 2 is 0.767 bits per heavy atom. The number of carbonyl (C=O) groups is 4. The van der Waals surface area contributed by atoms with Crippen molar-refractivity contribution >= 4 is 119 Å². The first-order valence-electron chi connectivity index (χ1n) is 48.2. The molecule has 20 heterocycles. The molecule has 5 aliphatic heterocycles. The lowest BCUT2D eigenvalue weighted by molar-refractivity contribution is -0.0501. The van der Waals surface area contributed by atoms with Crippen LogP contribution in [0.4, 0.5) is 63.6 Å². The zero-order chi connectivity index (χ0) is 103. The summed E-state index contributed by atoms with van der Waals surface area (Å²) in [5, 5.41) is 56.3. The van der Waals surface area contributed by atoms with Crippen molar-refractivity contribution in [1.82, 2.24) is 132 Å². The third kappa shape index (κ3) is 21.9. The van der Waals surface area contributed by atoms with E-state index in [-0.39, 0.29) is 69.4 Å². The largest absolute Gasteiger partial charge is 0.434 e. The average Bonchev–Trinajstić information content (AvgIpc) is 1.61. The van der Waals surface area contributed by atoms with E-state index < -0.39 is 50.1 Å². The Morgan fingerprint density at radius 1 is 0.433 bits per heavy atom. The maximum atomic E-state index is 13.4. The summed E-state index contributed by atoms with van der Waals surface area (Å²) in [5.74, 6) is -1.08. The lowest BCUT2D eigenvalue weighted by Gasteiger charge is -2.20. The van der Waals surface area contributed by atoms with Gasteiger partial charge in [0.05, 0.1) is 86.0 Å². The Labute approximate surface area is 850 Å². The number of thioether (sulfide) groups is 1. The van der Waals surface area contributed by atoms with Crippen LogP contribution in [0.3, 0.4) is 0 Å². The molecule has 0 bridgehead atoms. The highest BCUT2D eigenvalue weighted by Gasteiger charge is 2.34. The number of carbonyl (C=O) groups excluding carboxylic acids is 4. The monoisotopic (exact) mass is 2070 g/mol. The molecule has 4 atom stereocenters. The average molecular weight is 2080 g/mol. The maximum Gasteiger partial charge on any atom is 0.387 e. The van der Waals surface area contributed by atoms with Crippen LogP contribution in [-0.4, -0.2) is 274 Å². The number of halogens is 8. The summed E-state index contributed by atoms with van der Waals surface area (Å²) in [4.78, 5) is 87.0. The number of benzene rings is 4. The molecule has 150 heavy (non-hydrogen) atoms.